The molecule has 2 fully saturated rings. The summed E-state index contributed by atoms with van der Waals surface area (Å²) in [5, 5.41) is 19.0. The van der Waals surface area contributed by atoms with Crippen LogP contribution in [0.4, 0.5) is 0 Å². The number of carboxylic acid groups (broad SMARTS) is 1. The summed E-state index contributed by atoms with van der Waals surface area (Å²) in [5.74, 6) is 0.589. The number of fused-ring (bicyclic) bond motifs is 1. The van der Waals surface area contributed by atoms with E-state index in [2.05, 4.69) is 20.4 Å². The van der Waals surface area contributed by atoms with Crippen molar-refractivity contribution in [3.8, 4) is 0 Å². The van der Waals surface area contributed by atoms with Crippen molar-refractivity contribution in [1.82, 2.24) is 0 Å². The van der Waals surface area contributed by atoms with Crippen molar-refractivity contribution in [2.45, 2.75) is 72.1 Å². The summed E-state index contributed by atoms with van der Waals surface area (Å²) < 4.78 is 0. The standard InChI is InChI=1S/C20H34O3/c1-14(10-13-21)6-8-16-15(2)7-9-17-19(16,3)11-5-12-20(17,4)18(22)23/h14,16-17,21H,2,5-13H2,1,3-4H3,(H,22,23)/t14-,16-,17?,19+,20+/m0/s1. The molecule has 2 rings (SSSR count). The normalized spacial score (nSPS) is 38.9. The van der Waals surface area contributed by atoms with Gasteiger partial charge in [-0.2, -0.15) is 0 Å². The summed E-state index contributed by atoms with van der Waals surface area (Å²) in [7, 11) is 0. The third-order valence-electron chi connectivity index (χ3n) is 7.08. The minimum absolute atomic E-state index is 0.0691. The maximum atomic E-state index is 12.0. The zero-order valence-electron chi connectivity index (χ0n) is 15.1. The van der Waals surface area contributed by atoms with E-state index >= 15 is 0 Å². The summed E-state index contributed by atoms with van der Waals surface area (Å²) in [6.07, 6.45) is 7.92. The highest BCUT2D eigenvalue weighted by atomic mass is 16.4. The molecule has 2 N–H and O–H groups in total. The molecular weight excluding hydrogens is 288 g/mol. The molecule has 3 nitrogen and oxygen atoms in total. The second-order valence-electron chi connectivity index (χ2n) is 8.58. The van der Waals surface area contributed by atoms with Crippen LogP contribution in [-0.2, 0) is 4.79 Å². The van der Waals surface area contributed by atoms with Gasteiger partial charge in [0.25, 0.3) is 0 Å². The molecule has 3 heteroatoms. The predicted octanol–water partition coefficient (Wildman–Crippen LogP) is 4.65. The highest BCUT2D eigenvalue weighted by molar-refractivity contribution is 5.75. The minimum atomic E-state index is -0.617. The molecule has 0 aromatic carbocycles. The second-order valence-corrected chi connectivity index (χ2v) is 8.58. The summed E-state index contributed by atoms with van der Waals surface area (Å²) in [6, 6.07) is 0. The molecular formula is C20H34O3. The first-order valence-corrected chi connectivity index (χ1v) is 9.27. The summed E-state index contributed by atoms with van der Waals surface area (Å²) >= 11 is 0. The lowest BCUT2D eigenvalue weighted by atomic mass is 9.46. The maximum Gasteiger partial charge on any atom is 0.309 e. The molecule has 0 aromatic rings. The van der Waals surface area contributed by atoms with Crippen LogP contribution in [0.3, 0.4) is 0 Å². The number of allylic oxidation sites excluding steroid dienone is 1. The Morgan fingerprint density at radius 2 is 2.04 bits per heavy atom. The van der Waals surface area contributed by atoms with Gasteiger partial charge >= 0.3 is 5.97 Å². The fraction of sp³-hybridized carbons (Fsp3) is 0.850. The van der Waals surface area contributed by atoms with Crippen LogP contribution >= 0.6 is 0 Å². The van der Waals surface area contributed by atoms with E-state index < -0.39 is 11.4 Å². The van der Waals surface area contributed by atoms with E-state index in [9.17, 15) is 9.90 Å². The number of hydrogen-bond donors (Lipinski definition) is 2. The molecule has 0 spiro atoms. The molecule has 132 valence electrons. The summed E-state index contributed by atoms with van der Waals surface area (Å²) in [5.41, 5.74) is 0.817. The van der Waals surface area contributed by atoms with Gasteiger partial charge in [0.1, 0.15) is 0 Å². The fourth-order valence-corrected chi connectivity index (χ4v) is 5.55. The summed E-state index contributed by atoms with van der Waals surface area (Å²) in [4.78, 5) is 12.0. The number of rotatable bonds is 6. The lowest BCUT2D eigenvalue weighted by Gasteiger charge is -2.57. The van der Waals surface area contributed by atoms with E-state index in [1.807, 2.05) is 6.92 Å². The number of aliphatic carboxylic acids is 1. The van der Waals surface area contributed by atoms with Gasteiger partial charge in [0.2, 0.25) is 0 Å². The molecule has 0 aromatic heterocycles. The second kappa shape index (κ2) is 6.96. The lowest BCUT2D eigenvalue weighted by molar-refractivity contribution is -0.164. The van der Waals surface area contributed by atoms with Crippen LogP contribution in [0.1, 0.15) is 72.1 Å². The molecule has 5 atom stereocenters. The predicted molar refractivity (Wildman–Crippen MR) is 93.2 cm³/mol. The monoisotopic (exact) mass is 322 g/mol. The van der Waals surface area contributed by atoms with Gasteiger partial charge in [0.05, 0.1) is 5.41 Å². The minimum Gasteiger partial charge on any atom is -0.481 e. The Hall–Kier alpha value is -0.830. The van der Waals surface area contributed by atoms with Crippen LogP contribution in [0.5, 0.6) is 0 Å². The van der Waals surface area contributed by atoms with Crippen molar-refractivity contribution in [1.29, 1.82) is 0 Å². The van der Waals surface area contributed by atoms with E-state index in [1.54, 1.807) is 0 Å². The first-order chi connectivity index (χ1) is 10.8. The third-order valence-corrected chi connectivity index (χ3v) is 7.08. The summed E-state index contributed by atoms with van der Waals surface area (Å²) in [6.45, 7) is 11.1. The van der Waals surface area contributed by atoms with Gasteiger partial charge in [-0.25, -0.2) is 0 Å². The maximum absolute atomic E-state index is 12.0. The van der Waals surface area contributed by atoms with Crippen LogP contribution in [0.15, 0.2) is 12.2 Å². The van der Waals surface area contributed by atoms with Crippen LogP contribution < -0.4 is 0 Å². The number of hydrogen-bond acceptors (Lipinski definition) is 2. The van der Waals surface area contributed by atoms with Crippen LogP contribution in [-0.4, -0.2) is 22.8 Å². The number of carbonyl (C=O) groups is 1. The topological polar surface area (TPSA) is 57.5 Å². The molecule has 2 aliphatic rings. The largest absolute Gasteiger partial charge is 0.481 e. The zero-order valence-corrected chi connectivity index (χ0v) is 15.1. The Balaban J connectivity index is 2.21. The Morgan fingerprint density at radius 1 is 1.35 bits per heavy atom. The van der Waals surface area contributed by atoms with Crippen molar-refractivity contribution in [2.75, 3.05) is 6.61 Å². The quantitative estimate of drug-likeness (QED) is 0.700. The first-order valence-electron chi connectivity index (χ1n) is 9.27. The molecule has 0 amide bonds. The van der Waals surface area contributed by atoms with Gasteiger partial charge in [-0.15, -0.1) is 0 Å². The van der Waals surface area contributed by atoms with Gasteiger partial charge < -0.3 is 10.2 Å². The van der Waals surface area contributed by atoms with Crippen LogP contribution in [0.2, 0.25) is 0 Å². The van der Waals surface area contributed by atoms with Gasteiger partial charge in [-0.05, 0) is 68.6 Å². The first kappa shape index (κ1) is 18.5. The van der Waals surface area contributed by atoms with E-state index in [4.69, 9.17) is 5.11 Å². The number of aliphatic hydroxyl groups excluding tert-OH is 1. The fourth-order valence-electron chi connectivity index (χ4n) is 5.55. The molecule has 2 aliphatic carbocycles. The molecule has 2 saturated carbocycles. The number of aliphatic hydroxyl groups is 1. The zero-order chi connectivity index (χ0) is 17.3. The Labute approximate surface area is 141 Å². The van der Waals surface area contributed by atoms with Crippen LogP contribution in [0, 0.1) is 28.6 Å². The van der Waals surface area contributed by atoms with Gasteiger partial charge in [0.15, 0.2) is 0 Å². The Kier molecular flexibility index (Phi) is 5.60. The van der Waals surface area contributed by atoms with Crippen molar-refractivity contribution >= 4 is 5.97 Å². The van der Waals surface area contributed by atoms with Gasteiger partial charge in [-0.3, -0.25) is 4.79 Å². The smallest absolute Gasteiger partial charge is 0.309 e. The molecule has 0 aliphatic heterocycles. The highest BCUT2D eigenvalue weighted by Crippen LogP contribution is 2.62. The van der Waals surface area contributed by atoms with E-state index in [0.29, 0.717) is 11.8 Å². The highest BCUT2D eigenvalue weighted by Gasteiger charge is 2.57. The van der Waals surface area contributed by atoms with E-state index in [1.165, 1.54) is 5.57 Å². The molecule has 0 heterocycles. The average molecular weight is 322 g/mol. The van der Waals surface area contributed by atoms with Crippen LogP contribution in [0.25, 0.3) is 0 Å². The van der Waals surface area contributed by atoms with E-state index in [0.717, 1.165) is 51.4 Å². The van der Waals surface area contributed by atoms with Crippen molar-refractivity contribution in [2.24, 2.45) is 28.6 Å². The molecule has 0 radical (unpaired) electrons. The molecule has 0 saturated heterocycles. The van der Waals surface area contributed by atoms with Crippen molar-refractivity contribution in [3.05, 3.63) is 12.2 Å². The number of carboxylic acids is 1. The molecule has 23 heavy (non-hydrogen) atoms. The van der Waals surface area contributed by atoms with Gasteiger partial charge in [-0.1, -0.05) is 38.8 Å². The van der Waals surface area contributed by atoms with Gasteiger partial charge in [0, 0.05) is 6.61 Å². The third kappa shape index (κ3) is 3.35. The SMILES string of the molecule is C=C1CCC2[C@](C)(C(=O)O)CCC[C@]2(C)[C@H]1CC[C@H](C)CCO. The molecule has 1 unspecified atom stereocenters. The lowest BCUT2D eigenvalue weighted by Crippen LogP contribution is -2.53. The van der Waals surface area contributed by atoms with Crippen molar-refractivity contribution < 1.29 is 15.0 Å². The Bertz CT molecular complexity index is 458. The average Bonchev–Trinajstić information content (AvgIpc) is 2.46. The van der Waals surface area contributed by atoms with Crippen molar-refractivity contribution in [3.63, 3.8) is 0 Å². The van der Waals surface area contributed by atoms with E-state index in [-0.39, 0.29) is 17.9 Å². The Morgan fingerprint density at radius 3 is 2.65 bits per heavy atom. The molecule has 0 bridgehead atoms.